The number of rotatable bonds is 5. The van der Waals surface area contributed by atoms with Gasteiger partial charge in [0.05, 0.1) is 12.8 Å². The number of nitrogens with zero attached hydrogens (tertiary/aromatic N) is 2. The summed E-state index contributed by atoms with van der Waals surface area (Å²) in [5.41, 5.74) is 5.13. The molecule has 1 amide bonds. The summed E-state index contributed by atoms with van der Waals surface area (Å²) in [6, 6.07) is 13.2. The summed E-state index contributed by atoms with van der Waals surface area (Å²) in [6.07, 6.45) is 1.55. The van der Waals surface area contributed by atoms with Gasteiger partial charge >= 0.3 is 0 Å². The lowest BCUT2D eigenvalue weighted by Gasteiger charge is -2.11. The van der Waals surface area contributed by atoms with Gasteiger partial charge in [0, 0.05) is 11.9 Å². The van der Waals surface area contributed by atoms with Crippen molar-refractivity contribution in [1.82, 2.24) is 9.97 Å². The Morgan fingerprint density at radius 2 is 1.81 bits per heavy atom. The zero-order chi connectivity index (χ0) is 19.4. The van der Waals surface area contributed by atoms with Crippen LogP contribution in [-0.2, 0) is 0 Å². The number of amides is 1. The molecule has 0 bridgehead atoms. The average molecular weight is 362 g/mol. The van der Waals surface area contributed by atoms with Crippen molar-refractivity contribution in [3.8, 4) is 5.75 Å². The molecule has 6 heteroatoms. The van der Waals surface area contributed by atoms with Crippen LogP contribution in [0.2, 0.25) is 0 Å². The molecule has 0 atom stereocenters. The number of methoxy groups -OCH3 is 1. The van der Waals surface area contributed by atoms with Gasteiger partial charge in [0.25, 0.3) is 5.91 Å². The number of aryl methyl sites for hydroxylation is 3. The van der Waals surface area contributed by atoms with Crippen LogP contribution in [-0.4, -0.2) is 23.0 Å². The molecular formula is C21H22N4O2. The second-order valence-corrected chi connectivity index (χ2v) is 6.35. The van der Waals surface area contributed by atoms with Gasteiger partial charge in [0.2, 0.25) is 5.95 Å². The van der Waals surface area contributed by atoms with Crippen LogP contribution >= 0.6 is 0 Å². The Hall–Kier alpha value is -3.41. The number of nitrogens with one attached hydrogen (secondary N) is 2. The Morgan fingerprint density at radius 3 is 2.56 bits per heavy atom. The van der Waals surface area contributed by atoms with Crippen LogP contribution in [0, 0.1) is 20.8 Å². The quantitative estimate of drug-likeness (QED) is 0.703. The highest BCUT2D eigenvalue weighted by molar-refractivity contribution is 6.03. The summed E-state index contributed by atoms with van der Waals surface area (Å²) in [5, 5.41) is 5.98. The first kappa shape index (κ1) is 18.4. The Balaban J connectivity index is 1.79. The Morgan fingerprint density at radius 1 is 1.00 bits per heavy atom. The number of anilines is 3. The molecule has 0 aliphatic carbocycles. The second-order valence-electron chi connectivity index (χ2n) is 6.35. The normalized spacial score (nSPS) is 10.4. The first-order chi connectivity index (χ1) is 13.0. The molecule has 0 spiro atoms. The van der Waals surface area contributed by atoms with E-state index < -0.39 is 0 Å². The van der Waals surface area contributed by atoms with Gasteiger partial charge in [-0.25, -0.2) is 9.97 Å². The summed E-state index contributed by atoms with van der Waals surface area (Å²) in [6.45, 7) is 6.05. The molecule has 6 nitrogen and oxygen atoms in total. The molecule has 2 N–H and O–H groups in total. The van der Waals surface area contributed by atoms with Gasteiger partial charge in [0.1, 0.15) is 11.4 Å². The highest BCUT2D eigenvalue weighted by Crippen LogP contribution is 2.25. The van der Waals surface area contributed by atoms with E-state index >= 15 is 0 Å². The highest BCUT2D eigenvalue weighted by Gasteiger charge is 2.12. The lowest BCUT2D eigenvalue weighted by atomic mass is 10.1. The number of ether oxygens (including phenoxy) is 1. The maximum atomic E-state index is 12.6. The summed E-state index contributed by atoms with van der Waals surface area (Å²) < 4.78 is 5.30. The van der Waals surface area contributed by atoms with E-state index in [9.17, 15) is 4.79 Å². The number of carbonyl (C=O) groups excluding carboxylic acids is 1. The smallest absolute Gasteiger partial charge is 0.274 e. The van der Waals surface area contributed by atoms with E-state index in [2.05, 4.69) is 27.5 Å². The zero-order valence-electron chi connectivity index (χ0n) is 15.8. The molecule has 0 saturated carbocycles. The van der Waals surface area contributed by atoms with E-state index in [0.717, 1.165) is 11.3 Å². The molecule has 0 radical (unpaired) electrons. The van der Waals surface area contributed by atoms with Crippen molar-refractivity contribution in [1.29, 1.82) is 0 Å². The molecule has 3 rings (SSSR count). The topological polar surface area (TPSA) is 76.1 Å². The average Bonchev–Trinajstić information content (AvgIpc) is 2.65. The Labute approximate surface area is 158 Å². The SMILES string of the molecule is COc1ccc(C)cc1NC(=O)c1ccnc(Nc2ccc(C)c(C)c2)n1. The fraction of sp³-hybridized carbons (Fsp3) is 0.190. The van der Waals surface area contributed by atoms with E-state index in [1.165, 1.54) is 11.1 Å². The van der Waals surface area contributed by atoms with Gasteiger partial charge in [-0.3, -0.25) is 4.79 Å². The lowest BCUT2D eigenvalue weighted by molar-refractivity contribution is 0.102. The first-order valence-electron chi connectivity index (χ1n) is 8.59. The van der Waals surface area contributed by atoms with Crippen molar-refractivity contribution < 1.29 is 9.53 Å². The van der Waals surface area contributed by atoms with Crippen LogP contribution in [0.25, 0.3) is 0 Å². The van der Waals surface area contributed by atoms with Crippen molar-refractivity contribution in [2.45, 2.75) is 20.8 Å². The molecule has 0 aliphatic rings. The van der Waals surface area contributed by atoms with Crippen molar-refractivity contribution in [2.75, 3.05) is 17.7 Å². The van der Waals surface area contributed by atoms with Crippen LogP contribution in [0.5, 0.6) is 5.75 Å². The van der Waals surface area contributed by atoms with Crippen molar-refractivity contribution in [3.05, 3.63) is 71.0 Å². The maximum Gasteiger partial charge on any atom is 0.274 e. The van der Waals surface area contributed by atoms with Crippen LogP contribution in [0.4, 0.5) is 17.3 Å². The van der Waals surface area contributed by atoms with E-state index in [-0.39, 0.29) is 11.6 Å². The first-order valence-corrected chi connectivity index (χ1v) is 8.59. The minimum atomic E-state index is -0.329. The number of hydrogen-bond donors (Lipinski definition) is 2. The summed E-state index contributed by atoms with van der Waals surface area (Å²) in [4.78, 5) is 21.1. The van der Waals surface area contributed by atoms with Crippen LogP contribution in [0.1, 0.15) is 27.2 Å². The van der Waals surface area contributed by atoms with E-state index in [1.54, 1.807) is 19.4 Å². The van der Waals surface area contributed by atoms with E-state index in [4.69, 9.17) is 4.74 Å². The summed E-state index contributed by atoms with van der Waals surface area (Å²) in [5.74, 6) is 0.628. The number of carbonyl (C=O) groups is 1. The Bertz CT molecular complexity index is 986. The molecule has 3 aromatic rings. The second kappa shape index (κ2) is 7.86. The molecule has 1 heterocycles. The third kappa shape index (κ3) is 4.41. The molecule has 138 valence electrons. The fourth-order valence-electron chi connectivity index (χ4n) is 2.60. The lowest BCUT2D eigenvalue weighted by Crippen LogP contribution is -2.15. The van der Waals surface area contributed by atoms with Crippen LogP contribution in [0.3, 0.4) is 0 Å². The standard InChI is InChI=1S/C21H22N4O2/c1-13-5-8-19(27-4)18(11-13)24-20(26)17-9-10-22-21(25-17)23-16-7-6-14(2)15(3)12-16/h5-12H,1-4H3,(H,24,26)(H,22,23,25). The zero-order valence-corrected chi connectivity index (χ0v) is 15.8. The number of aromatic nitrogens is 2. The largest absolute Gasteiger partial charge is 0.495 e. The van der Waals surface area contributed by atoms with Gasteiger partial charge in [-0.1, -0.05) is 12.1 Å². The van der Waals surface area contributed by atoms with Gasteiger partial charge in [0.15, 0.2) is 0 Å². The number of benzene rings is 2. The van der Waals surface area contributed by atoms with Gasteiger partial charge in [-0.15, -0.1) is 0 Å². The predicted molar refractivity (Wildman–Crippen MR) is 107 cm³/mol. The van der Waals surface area contributed by atoms with Crippen molar-refractivity contribution in [2.24, 2.45) is 0 Å². The van der Waals surface area contributed by atoms with Crippen LogP contribution < -0.4 is 15.4 Å². The molecule has 0 fully saturated rings. The fourth-order valence-corrected chi connectivity index (χ4v) is 2.60. The molecule has 0 aliphatic heterocycles. The van der Waals surface area contributed by atoms with Gasteiger partial charge < -0.3 is 15.4 Å². The molecular weight excluding hydrogens is 340 g/mol. The summed E-state index contributed by atoms with van der Waals surface area (Å²) in [7, 11) is 1.57. The van der Waals surface area contributed by atoms with Gasteiger partial charge in [-0.2, -0.15) is 0 Å². The molecule has 1 aromatic heterocycles. The van der Waals surface area contributed by atoms with E-state index in [1.807, 2.05) is 50.2 Å². The highest BCUT2D eigenvalue weighted by atomic mass is 16.5. The third-order valence-corrected chi connectivity index (χ3v) is 4.25. The minimum Gasteiger partial charge on any atom is -0.495 e. The molecule has 27 heavy (non-hydrogen) atoms. The van der Waals surface area contributed by atoms with E-state index in [0.29, 0.717) is 17.4 Å². The van der Waals surface area contributed by atoms with Crippen molar-refractivity contribution >= 4 is 23.2 Å². The number of hydrogen-bond acceptors (Lipinski definition) is 5. The molecule has 2 aromatic carbocycles. The minimum absolute atomic E-state index is 0.264. The van der Waals surface area contributed by atoms with Gasteiger partial charge in [-0.05, 0) is 67.8 Å². The van der Waals surface area contributed by atoms with Crippen LogP contribution in [0.15, 0.2) is 48.7 Å². The molecule has 0 saturated heterocycles. The summed E-state index contributed by atoms with van der Waals surface area (Å²) >= 11 is 0. The maximum absolute atomic E-state index is 12.6. The Kier molecular flexibility index (Phi) is 5.35. The monoisotopic (exact) mass is 362 g/mol. The third-order valence-electron chi connectivity index (χ3n) is 4.25. The predicted octanol–water partition coefficient (Wildman–Crippen LogP) is 4.41. The molecule has 0 unspecified atom stereocenters. The van der Waals surface area contributed by atoms with Crippen molar-refractivity contribution in [3.63, 3.8) is 0 Å².